The first-order valence-corrected chi connectivity index (χ1v) is 35.5. The van der Waals surface area contributed by atoms with E-state index in [-0.39, 0.29) is 51.4 Å². The summed E-state index contributed by atoms with van der Waals surface area (Å²) in [7, 11) is 0. The lowest BCUT2D eigenvalue weighted by molar-refractivity contribution is 0.569. The molecule has 13 aromatic rings. The Labute approximate surface area is 606 Å². The number of anilines is 6. The number of fused-ring (bicyclic) bond motifs is 4. The predicted octanol–water partition coefficient (Wildman–Crippen LogP) is 23.8. The molecule has 15 rings (SSSR count). The molecular weight excluding hydrogens is 1220 g/mol. The molecule has 0 N–H and O–H groups in total. The maximum atomic E-state index is 9.63. The van der Waals surface area contributed by atoms with E-state index in [1.165, 1.54) is 11.1 Å². The zero-order valence-corrected chi connectivity index (χ0v) is 60.9. The summed E-state index contributed by atoms with van der Waals surface area (Å²) in [6.07, 6.45) is 0. The second-order valence-corrected chi connectivity index (χ2v) is 32.6. The van der Waals surface area contributed by atoms with Crippen LogP contribution in [0.2, 0.25) is 0 Å². The molecular formula is C95H90BN5. The predicted molar refractivity (Wildman–Crippen MR) is 431 cm³/mol. The maximum absolute atomic E-state index is 9.63. The van der Waals surface area contributed by atoms with Crippen molar-refractivity contribution in [2.45, 2.75) is 131 Å². The summed E-state index contributed by atoms with van der Waals surface area (Å²) in [6, 6.07) is 85.9. The Morgan fingerprint density at radius 3 is 0.960 bits per heavy atom. The van der Waals surface area contributed by atoms with Crippen molar-refractivity contribution in [1.82, 2.24) is 15.0 Å². The van der Waals surface area contributed by atoms with Gasteiger partial charge in [0.1, 0.15) is 0 Å². The number of aromatic nitrogens is 3. The molecule has 0 spiro atoms. The van der Waals surface area contributed by atoms with Crippen molar-refractivity contribution < 1.29 is 6.85 Å². The van der Waals surface area contributed by atoms with Crippen molar-refractivity contribution in [3.8, 4) is 89.8 Å². The first-order chi connectivity index (χ1) is 50.3. The third-order valence-electron chi connectivity index (χ3n) is 20.3. The van der Waals surface area contributed by atoms with E-state index in [4.69, 9.17) is 19.1 Å². The SMILES string of the molecule is [2H]c1c([2H])c([2H])c(-c2ccc3c(c2)N(c2c(-c4ccccc4)cc(C(C)(C)C)cc2-c2ccccc2)c2cc(C(C)(C)C)cc4c2B3c2ccc(-c3cc(C(C)(C)C)cc(C(C)(C)C)c3)cc2N4c2c(-c3ccccc3)cc(C(C)(C)C)cc2-c2nc(-c3ccccc3)nc(-c3ccccc3)n2)c([2H])c1[2H]. The Kier molecular flexibility index (Phi) is 15.0. The fourth-order valence-electron chi connectivity index (χ4n) is 14.5. The van der Waals surface area contributed by atoms with Crippen molar-refractivity contribution in [2.75, 3.05) is 9.80 Å². The zero-order valence-electron chi connectivity index (χ0n) is 65.9. The number of rotatable bonds is 10. The van der Waals surface area contributed by atoms with Gasteiger partial charge in [-0.15, -0.1) is 0 Å². The zero-order chi connectivity index (χ0) is 74.8. The van der Waals surface area contributed by atoms with Crippen molar-refractivity contribution >= 4 is 57.2 Å². The summed E-state index contributed by atoms with van der Waals surface area (Å²) < 4.78 is 46.3. The van der Waals surface area contributed by atoms with Crippen LogP contribution in [0.25, 0.3) is 89.8 Å². The van der Waals surface area contributed by atoms with Crippen molar-refractivity contribution in [2.24, 2.45) is 0 Å². The highest BCUT2D eigenvalue weighted by Crippen LogP contribution is 2.56. The van der Waals surface area contributed by atoms with Crippen LogP contribution in [0.5, 0.6) is 0 Å². The summed E-state index contributed by atoms with van der Waals surface area (Å²) in [5.41, 5.74) is 24.4. The maximum Gasteiger partial charge on any atom is 0.252 e. The van der Waals surface area contributed by atoms with Crippen LogP contribution in [-0.4, -0.2) is 21.7 Å². The van der Waals surface area contributed by atoms with Gasteiger partial charge in [0, 0.05) is 56.1 Å². The Hall–Kier alpha value is -10.7. The second-order valence-electron chi connectivity index (χ2n) is 32.6. The van der Waals surface area contributed by atoms with Crippen molar-refractivity contribution in [3.05, 3.63) is 301 Å². The van der Waals surface area contributed by atoms with E-state index < -0.39 is 18.2 Å². The van der Waals surface area contributed by atoms with Gasteiger partial charge in [0.25, 0.3) is 6.71 Å². The van der Waals surface area contributed by atoms with E-state index in [1.54, 1.807) is 0 Å². The summed E-state index contributed by atoms with van der Waals surface area (Å²) in [6.45, 7) is 33.9. The highest BCUT2D eigenvalue weighted by atomic mass is 15.2. The number of hydrogen-bond donors (Lipinski definition) is 0. The quantitative estimate of drug-likeness (QED) is 0.128. The summed E-state index contributed by atoms with van der Waals surface area (Å²) in [4.78, 5) is 21.8. The minimum atomic E-state index is -0.474. The summed E-state index contributed by atoms with van der Waals surface area (Å²) in [5, 5.41) is 0. The normalized spacial score (nSPS) is 13.7. The van der Waals surface area contributed by atoms with Crippen LogP contribution in [0, 0.1) is 0 Å². The van der Waals surface area contributed by atoms with Crippen LogP contribution in [0.1, 0.15) is 139 Å². The molecule has 6 heteroatoms. The third kappa shape index (κ3) is 12.5. The van der Waals surface area contributed by atoms with E-state index in [0.717, 1.165) is 128 Å². The number of hydrogen-bond acceptors (Lipinski definition) is 5. The van der Waals surface area contributed by atoms with Gasteiger partial charge < -0.3 is 9.80 Å². The van der Waals surface area contributed by atoms with Gasteiger partial charge in [0.15, 0.2) is 17.5 Å². The number of nitrogens with zero attached hydrogens (tertiary/aromatic N) is 5. The van der Waals surface area contributed by atoms with Gasteiger partial charge in [-0.2, -0.15) is 0 Å². The lowest BCUT2D eigenvalue weighted by Crippen LogP contribution is -2.61. The van der Waals surface area contributed by atoms with E-state index in [0.29, 0.717) is 23.0 Å². The van der Waals surface area contributed by atoms with Crippen molar-refractivity contribution in [3.63, 3.8) is 0 Å². The molecule has 2 aliphatic rings. The molecule has 5 nitrogen and oxygen atoms in total. The molecule has 0 atom stereocenters. The van der Waals surface area contributed by atoms with Crippen LogP contribution >= 0.6 is 0 Å². The molecule has 0 fully saturated rings. The summed E-state index contributed by atoms with van der Waals surface area (Å²) in [5.74, 6) is 1.62. The van der Waals surface area contributed by atoms with Crippen LogP contribution < -0.4 is 26.2 Å². The lowest BCUT2D eigenvalue weighted by Gasteiger charge is -2.46. The molecule has 12 aromatic carbocycles. The first-order valence-electron chi connectivity index (χ1n) is 38.0. The van der Waals surface area contributed by atoms with Gasteiger partial charge in [-0.3, -0.25) is 0 Å². The molecule has 498 valence electrons. The first kappa shape index (κ1) is 60.3. The molecule has 2 aliphatic heterocycles. The highest BCUT2D eigenvalue weighted by molar-refractivity contribution is 7.00. The summed E-state index contributed by atoms with van der Waals surface area (Å²) >= 11 is 0. The topological polar surface area (TPSA) is 45.2 Å². The van der Waals surface area contributed by atoms with Gasteiger partial charge in [-0.25, -0.2) is 15.0 Å². The second kappa shape index (κ2) is 25.2. The molecule has 0 saturated heterocycles. The van der Waals surface area contributed by atoms with Gasteiger partial charge in [-0.05, 0) is 159 Å². The molecule has 0 unspecified atom stereocenters. The smallest absolute Gasteiger partial charge is 0.252 e. The van der Waals surface area contributed by atoms with E-state index in [9.17, 15) is 2.74 Å². The van der Waals surface area contributed by atoms with Crippen LogP contribution in [0.4, 0.5) is 34.1 Å². The van der Waals surface area contributed by atoms with Crippen molar-refractivity contribution in [1.29, 1.82) is 0 Å². The minimum absolute atomic E-state index is 0.133. The molecule has 1 aromatic heterocycles. The molecule has 0 aliphatic carbocycles. The fourth-order valence-corrected chi connectivity index (χ4v) is 14.5. The largest absolute Gasteiger partial charge is 0.310 e. The third-order valence-corrected chi connectivity index (χ3v) is 20.3. The van der Waals surface area contributed by atoms with E-state index in [1.807, 2.05) is 42.5 Å². The van der Waals surface area contributed by atoms with Gasteiger partial charge in [-0.1, -0.05) is 328 Å². The molecule has 0 amide bonds. The number of benzene rings is 12. The monoisotopic (exact) mass is 1320 g/mol. The van der Waals surface area contributed by atoms with Gasteiger partial charge in [0.05, 0.1) is 18.2 Å². The van der Waals surface area contributed by atoms with E-state index >= 15 is 0 Å². The standard InChI is InChI=1S/C95H90BN5/c1-91(2,3)70-50-69(51-71(54-70)92(4,5)6)68-47-49-80-82(53-68)101(87-77(64-40-28-19-29-41-64)57-73(94(10,11)12)58-78(87)90-98-88(65-42-30-20-31-43-65)97-89(99-90)66-44-32-21-33-45-66)84-60-74(95(13,14)15)59-83-85(84)96(80)79-48-46-67(61-34-22-16-23-35-61)52-81(79)100(83)86-75(62-36-24-17-25-37-62)55-72(93(7,8)9)56-76(86)63-38-26-18-27-39-63/h16-60H,1-15H3/i16D,22D,23D,34D,35D. The average Bonchev–Trinajstić information content (AvgIpc) is 0.685. The molecule has 0 saturated carbocycles. The Morgan fingerprint density at radius 2 is 0.584 bits per heavy atom. The van der Waals surface area contributed by atoms with Crippen LogP contribution in [0.3, 0.4) is 0 Å². The average molecular weight is 1320 g/mol. The molecule has 3 heterocycles. The van der Waals surface area contributed by atoms with Gasteiger partial charge >= 0.3 is 0 Å². The Balaban J connectivity index is 1.17. The molecule has 101 heavy (non-hydrogen) atoms. The van der Waals surface area contributed by atoms with Crippen LogP contribution in [-0.2, 0) is 27.1 Å². The Bertz CT molecular complexity index is 5430. The fraction of sp³-hybridized carbons (Fsp3) is 0.211. The Morgan fingerprint density at radius 1 is 0.267 bits per heavy atom. The van der Waals surface area contributed by atoms with Crippen LogP contribution in [0.15, 0.2) is 273 Å². The molecule has 0 bridgehead atoms. The lowest BCUT2D eigenvalue weighted by atomic mass is 9.33. The molecule has 0 radical (unpaired) electrons. The minimum Gasteiger partial charge on any atom is -0.310 e. The van der Waals surface area contributed by atoms with E-state index in [2.05, 4.69) is 314 Å². The highest BCUT2D eigenvalue weighted by Gasteiger charge is 2.47. The van der Waals surface area contributed by atoms with Gasteiger partial charge in [0.2, 0.25) is 0 Å².